The van der Waals surface area contributed by atoms with Crippen LogP contribution in [-0.4, -0.2) is 11.6 Å². The minimum absolute atomic E-state index is 0.0123. The van der Waals surface area contributed by atoms with Crippen molar-refractivity contribution in [3.05, 3.63) is 69.3 Å². The predicted molar refractivity (Wildman–Crippen MR) is 91.8 cm³/mol. The third-order valence-electron chi connectivity index (χ3n) is 3.35. The summed E-state index contributed by atoms with van der Waals surface area (Å²) in [5.74, 6) is -1.33. The lowest BCUT2D eigenvalue weighted by Crippen LogP contribution is -2.36. The standard InChI is InChI=1S/C18H19BrFNO3/c1-18(2,3)24-17(22)11-14(12-7-9-13(20)10-8-12)15-5-4-6-16(19)21(15)23/h4-10,14H,11H2,1-3H3. The molecule has 1 aromatic carbocycles. The van der Waals surface area contributed by atoms with E-state index in [1.807, 2.05) is 0 Å². The molecule has 0 fully saturated rings. The largest absolute Gasteiger partial charge is 0.618 e. The summed E-state index contributed by atoms with van der Waals surface area (Å²) in [4.78, 5) is 12.3. The molecule has 4 nitrogen and oxygen atoms in total. The van der Waals surface area contributed by atoms with E-state index in [4.69, 9.17) is 4.74 Å². The Kier molecular flexibility index (Phi) is 5.59. The Labute approximate surface area is 149 Å². The molecule has 0 aliphatic heterocycles. The van der Waals surface area contributed by atoms with E-state index in [-0.39, 0.29) is 12.2 Å². The van der Waals surface area contributed by atoms with Crippen LogP contribution in [0.25, 0.3) is 0 Å². The third-order valence-corrected chi connectivity index (χ3v) is 3.94. The number of pyridine rings is 1. The van der Waals surface area contributed by atoms with E-state index < -0.39 is 17.5 Å². The minimum atomic E-state index is -0.616. The molecule has 1 heterocycles. The number of halogens is 2. The summed E-state index contributed by atoms with van der Waals surface area (Å²) in [5, 5.41) is 12.4. The molecular formula is C18H19BrFNO3. The average molecular weight is 396 g/mol. The molecule has 6 heteroatoms. The Balaban J connectivity index is 2.40. The summed E-state index contributed by atoms with van der Waals surface area (Å²) in [7, 11) is 0. The molecule has 1 unspecified atom stereocenters. The van der Waals surface area contributed by atoms with Gasteiger partial charge in [-0.15, -0.1) is 0 Å². The van der Waals surface area contributed by atoms with Crippen molar-refractivity contribution in [3.8, 4) is 0 Å². The van der Waals surface area contributed by atoms with Crippen molar-refractivity contribution in [3.63, 3.8) is 0 Å². The average Bonchev–Trinajstić information content (AvgIpc) is 2.47. The fourth-order valence-corrected chi connectivity index (χ4v) is 2.74. The third kappa shape index (κ3) is 4.77. The molecule has 1 aromatic heterocycles. The fraction of sp³-hybridized carbons (Fsp3) is 0.333. The molecule has 0 amide bonds. The first-order chi connectivity index (χ1) is 11.2. The highest BCUT2D eigenvalue weighted by Gasteiger charge is 2.28. The SMILES string of the molecule is CC(C)(C)OC(=O)CC(c1ccc(F)cc1)c1cccc(Br)[n+]1[O-]. The maximum absolute atomic E-state index is 13.2. The fourth-order valence-electron chi connectivity index (χ4n) is 2.38. The summed E-state index contributed by atoms with van der Waals surface area (Å²) < 4.78 is 19.6. The Hall–Kier alpha value is -1.95. The molecule has 0 bridgehead atoms. The van der Waals surface area contributed by atoms with E-state index in [1.54, 1.807) is 51.1 Å². The lowest BCUT2D eigenvalue weighted by Gasteiger charge is -2.22. The smallest absolute Gasteiger partial charge is 0.307 e. The summed E-state index contributed by atoms with van der Waals surface area (Å²) in [6, 6.07) is 10.8. The lowest BCUT2D eigenvalue weighted by atomic mass is 9.92. The molecule has 0 N–H and O–H groups in total. The number of benzene rings is 1. The van der Waals surface area contributed by atoms with E-state index in [9.17, 15) is 14.4 Å². The number of carbonyl (C=O) groups is 1. The van der Waals surface area contributed by atoms with E-state index >= 15 is 0 Å². The minimum Gasteiger partial charge on any atom is -0.618 e. The van der Waals surface area contributed by atoms with E-state index in [2.05, 4.69) is 15.9 Å². The Morgan fingerprint density at radius 3 is 2.46 bits per heavy atom. The number of hydrogen-bond acceptors (Lipinski definition) is 3. The van der Waals surface area contributed by atoms with Gasteiger partial charge in [0.25, 0.3) is 4.60 Å². The molecule has 0 aliphatic carbocycles. The Bertz CT molecular complexity index is 726. The maximum Gasteiger partial charge on any atom is 0.307 e. The number of carbonyl (C=O) groups excluding carboxylic acids is 1. The first-order valence-corrected chi connectivity index (χ1v) is 8.32. The summed E-state index contributed by atoms with van der Waals surface area (Å²) in [6.45, 7) is 5.35. The number of aromatic nitrogens is 1. The van der Waals surface area contributed by atoms with Gasteiger partial charge in [-0.05, 0) is 44.5 Å². The molecular weight excluding hydrogens is 377 g/mol. The summed E-state index contributed by atoms with van der Waals surface area (Å²) >= 11 is 3.19. The van der Waals surface area contributed by atoms with Gasteiger partial charge < -0.3 is 9.94 Å². The van der Waals surface area contributed by atoms with Crippen LogP contribution in [0.4, 0.5) is 4.39 Å². The zero-order valence-corrected chi connectivity index (χ0v) is 15.3. The van der Waals surface area contributed by atoms with E-state index in [0.29, 0.717) is 15.9 Å². The van der Waals surface area contributed by atoms with Crippen LogP contribution in [0.5, 0.6) is 0 Å². The molecule has 0 radical (unpaired) electrons. The van der Waals surface area contributed by atoms with Crippen LogP contribution in [-0.2, 0) is 9.53 Å². The molecule has 2 aromatic rings. The van der Waals surface area contributed by atoms with E-state index in [1.165, 1.54) is 12.1 Å². The van der Waals surface area contributed by atoms with Crippen LogP contribution >= 0.6 is 15.9 Å². The van der Waals surface area contributed by atoms with Crippen molar-refractivity contribution < 1.29 is 18.7 Å². The molecule has 128 valence electrons. The molecule has 24 heavy (non-hydrogen) atoms. The van der Waals surface area contributed by atoms with Crippen molar-refractivity contribution >= 4 is 21.9 Å². The predicted octanol–water partition coefficient (Wildman–Crippen LogP) is 4.09. The van der Waals surface area contributed by atoms with Gasteiger partial charge in [0, 0.05) is 28.1 Å². The van der Waals surface area contributed by atoms with Gasteiger partial charge >= 0.3 is 5.97 Å². The number of hydrogen-bond donors (Lipinski definition) is 0. The molecule has 0 aliphatic rings. The number of rotatable bonds is 4. The van der Waals surface area contributed by atoms with Gasteiger partial charge in [0.1, 0.15) is 11.4 Å². The van der Waals surface area contributed by atoms with Crippen LogP contribution in [0.3, 0.4) is 0 Å². The van der Waals surface area contributed by atoms with E-state index in [0.717, 1.165) is 4.73 Å². The summed E-state index contributed by atoms with van der Waals surface area (Å²) in [6.07, 6.45) is -0.0123. The van der Waals surface area contributed by atoms with Gasteiger partial charge in [0.05, 0.1) is 12.3 Å². The Morgan fingerprint density at radius 1 is 1.25 bits per heavy atom. The lowest BCUT2D eigenvalue weighted by molar-refractivity contribution is -0.626. The zero-order valence-electron chi connectivity index (χ0n) is 13.8. The van der Waals surface area contributed by atoms with Crippen molar-refractivity contribution in [1.29, 1.82) is 0 Å². The van der Waals surface area contributed by atoms with Gasteiger partial charge in [-0.3, -0.25) is 4.79 Å². The molecule has 1 atom stereocenters. The number of esters is 1. The quantitative estimate of drug-likeness (QED) is 0.339. The molecule has 0 saturated carbocycles. The Morgan fingerprint density at radius 2 is 1.88 bits per heavy atom. The van der Waals surface area contributed by atoms with Gasteiger partial charge in [0.2, 0.25) is 5.69 Å². The number of nitrogens with zero attached hydrogens (tertiary/aromatic N) is 1. The van der Waals surface area contributed by atoms with Crippen molar-refractivity contribution in [2.45, 2.75) is 38.7 Å². The van der Waals surface area contributed by atoms with Crippen molar-refractivity contribution in [2.24, 2.45) is 0 Å². The van der Waals surface area contributed by atoms with Crippen molar-refractivity contribution in [2.75, 3.05) is 0 Å². The van der Waals surface area contributed by atoms with Gasteiger partial charge in [-0.2, -0.15) is 4.73 Å². The van der Waals surface area contributed by atoms with Crippen LogP contribution in [0, 0.1) is 11.0 Å². The van der Waals surface area contributed by atoms with Crippen LogP contribution in [0.15, 0.2) is 47.1 Å². The van der Waals surface area contributed by atoms with Gasteiger partial charge in [-0.25, -0.2) is 4.39 Å². The maximum atomic E-state index is 13.2. The van der Waals surface area contributed by atoms with Crippen LogP contribution in [0.2, 0.25) is 0 Å². The summed E-state index contributed by atoms with van der Waals surface area (Å²) in [5.41, 5.74) is 0.446. The second kappa shape index (κ2) is 7.30. The van der Waals surface area contributed by atoms with Crippen LogP contribution in [0.1, 0.15) is 44.4 Å². The van der Waals surface area contributed by atoms with Crippen LogP contribution < -0.4 is 4.73 Å². The topological polar surface area (TPSA) is 53.2 Å². The van der Waals surface area contributed by atoms with Gasteiger partial charge in [-0.1, -0.05) is 12.1 Å². The molecule has 2 rings (SSSR count). The normalized spacial score (nSPS) is 12.7. The highest BCUT2D eigenvalue weighted by molar-refractivity contribution is 9.10. The first-order valence-electron chi connectivity index (χ1n) is 7.52. The monoisotopic (exact) mass is 395 g/mol. The number of ether oxygens (including phenoxy) is 1. The second-order valence-electron chi connectivity index (χ2n) is 6.46. The highest BCUT2D eigenvalue weighted by atomic mass is 79.9. The second-order valence-corrected chi connectivity index (χ2v) is 7.27. The molecule has 0 spiro atoms. The zero-order chi connectivity index (χ0) is 17.9. The van der Waals surface area contributed by atoms with Gasteiger partial charge in [0.15, 0.2) is 0 Å². The molecule has 0 saturated heterocycles. The first kappa shape index (κ1) is 18.4. The van der Waals surface area contributed by atoms with Crippen molar-refractivity contribution in [1.82, 2.24) is 0 Å². The highest BCUT2D eigenvalue weighted by Crippen LogP contribution is 2.28.